The molecule has 1 aliphatic rings. The quantitative estimate of drug-likeness (QED) is 0.645. The summed E-state index contributed by atoms with van der Waals surface area (Å²) in [6.07, 6.45) is 9.99. The second-order valence-corrected chi connectivity index (χ2v) is 7.66. The van der Waals surface area contributed by atoms with E-state index in [0.717, 1.165) is 34.8 Å². The molecule has 0 aromatic carbocycles. The topological polar surface area (TPSA) is 59.8 Å². The number of nitrogens with zero attached hydrogens (tertiary/aromatic N) is 3. The second-order valence-electron chi connectivity index (χ2n) is 6.69. The summed E-state index contributed by atoms with van der Waals surface area (Å²) in [5, 5.41) is 9.71. The number of carbonyl (C=O) groups is 1. The molecule has 138 valence electrons. The lowest BCUT2D eigenvalue weighted by atomic mass is 10.2. The van der Waals surface area contributed by atoms with Crippen molar-refractivity contribution < 1.29 is 4.79 Å². The molecule has 0 aliphatic heterocycles. The fourth-order valence-electron chi connectivity index (χ4n) is 3.44. The maximum Gasteiger partial charge on any atom is 0.244 e. The van der Waals surface area contributed by atoms with Gasteiger partial charge in [0, 0.05) is 17.2 Å². The van der Waals surface area contributed by atoms with Gasteiger partial charge in [-0.3, -0.25) is 14.5 Å². The zero-order valence-corrected chi connectivity index (χ0v) is 15.9. The fourth-order valence-corrected chi connectivity index (χ4v) is 4.06. The molecule has 1 N–H and O–H groups in total. The fraction of sp³-hybridized carbons (Fsp3) is 0.286. The van der Waals surface area contributed by atoms with Crippen molar-refractivity contribution in [3.63, 3.8) is 0 Å². The van der Waals surface area contributed by atoms with Crippen LogP contribution in [0.25, 0.3) is 17.5 Å². The SMILES string of the molecule is O=C(C=Cc1cccs1)NCc1cc(-c2ccccn2)n(C2CCCC2)n1. The minimum atomic E-state index is -0.113. The lowest BCUT2D eigenvalue weighted by Gasteiger charge is -2.13. The number of carbonyl (C=O) groups excluding carboxylic acids is 1. The first-order chi connectivity index (χ1) is 13.3. The molecule has 1 aliphatic carbocycles. The van der Waals surface area contributed by atoms with Crippen LogP contribution in [0.4, 0.5) is 0 Å². The van der Waals surface area contributed by atoms with Crippen LogP contribution in [0.15, 0.2) is 54.1 Å². The molecule has 1 fully saturated rings. The van der Waals surface area contributed by atoms with E-state index < -0.39 is 0 Å². The van der Waals surface area contributed by atoms with E-state index in [4.69, 9.17) is 5.10 Å². The first kappa shape index (κ1) is 17.7. The van der Waals surface area contributed by atoms with Crippen molar-refractivity contribution in [1.29, 1.82) is 0 Å². The third-order valence-electron chi connectivity index (χ3n) is 4.77. The van der Waals surface area contributed by atoms with Gasteiger partial charge in [-0.05, 0) is 48.6 Å². The number of amides is 1. The monoisotopic (exact) mass is 378 g/mol. The van der Waals surface area contributed by atoms with Crippen molar-refractivity contribution in [3.05, 3.63) is 64.6 Å². The predicted molar refractivity (Wildman–Crippen MR) is 108 cm³/mol. The Morgan fingerprint density at radius 3 is 2.89 bits per heavy atom. The Balaban J connectivity index is 1.48. The molecule has 27 heavy (non-hydrogen) atoms. The summed E-state index contributed by atoms with van der Waals surface area (Å²) in [6, 6.07) is 12.3. The van der Waals surface area contributed by atoms with Crippen molar-refractivity contribution in [3.8, 4) is 11.4 Å². The van der Waals surface area contributed by atoms with Gasteiger partial charge < -0.3 is 5.32 Å². The summed E-state index contributed by atoms with van der Waals surface area (Å²) in [5.41, 5.74) is 2.81. The zero-order valence-electron chi connectivity index (χ0n) is 15.0. The normalized spacial score (nSPS) is 14.8. The summed E-state index contributed by atoms with van der Waals surface area (Å²) in [5.74, 6) is -0.113. The van der Waals surface area contributed by atoms with Crippen molar-refractivity contribution in [2.24, 2.45) is 0 Å². The molecule has 0 bridgehead atoms. The van der Waals surface area contributed by atoms with Gasteiger partial charge in [0.2, 0.25) is 5.91 Å². The molecule has 0 spiro atoms. The van der Waals surface area contributed by atoms with Crippen molar-refractivity contribution in [2.75, 3.05) is 0 Å². The number of hydrogen-bond donors (Lipinski definition) is 1. The van der Waals surface area contributed by atoms with Gasteiger partial charge in [-0.25, -0.2) is 0 Å². The average molecular weight is 379 g/mol. The third kappa shape index (κ3) is 4.34. The van der Waals surface area contributed by atoms with E-state index in [1.807, 2.05) is 47.9 Å². The maximum absolute atomic E-state index is 12.1. The van der Waals surface area contributed by atoms with Gasteiger partial charge in [-0.15, -0.1) is 11.3 Å². The highest BCUT2D eigenvalue weighted by Gasteiger charge is 2.22. The van der Waals surface area contributed by atoms with Crippen LogP contribution in [0, 0.1) is 0 Å². The Labute approximate surface area is 162 Å². The molecule has 6 heteroatoms. The molecule has 1 saturated carbocycles. The average Bonchev–Trinajstić information content (AvgIpc) is 3.47. The van der Waals surface area contributed by atoms with E-state index in [-0.39, 0.29) is 5.91 Å². The first-order valence-electron chi connectivity index (χ1n) is 9.29. The Bertz CT molecular complexity index is 909. The minimum absolute atomic E-state index is 0.113. The molecular weight excluding hydrogens is 356 g/mol. The van der Waals surface area contributed by atoms with Gasteiger partial charge >= 0.3 is 0 Å². The van der Waals surface area contributed by atoms with Crippen LogP contribution in [-0.2, 0) is 11.3 Å². The van der Waals surface area contributed by atoms with E-state index in [9.17, 15) is 4.79 Å². The first-order valence-corrected chi connectivity index (χ1v) is 10.2. The van der Waals surface area contributed by atoms with E-state index >= 15 is 0 Å². The predicted octanol–water partition coefficient (Wildman–Crippen LogP) is 4.45. The van der Waals surface area contributed by atoms with Gasteiger partial charge in [0.25, 0.3) is 0 Å². The van der Waals surface area contributed by atoms with Crippen LogP contribution in [0.2, 0.25) is 0 Å². The molecule has 5 nitrogen and oxygen atoms in total. The number of rotatable bonds is 6. The molecule has 0 saturated heterocycles. The van der Waals surface area contributed by atoms with Crippen LogP contribution in [0.5, 0.6) is 0 Å². The number of pyridine rings is 1. The molecular formula is C21H22N4OS. The lowest BCUT2D eigenvalue weighted by Crippen LogP contribution is -2.20. The molecule has 0 unspecified atom stereocenters. The standard InChI is InChI=1S/C21H22N4OS/c26-21(11-10-18-8-5-13-27-18)23-15-16-14-20(19-9-3-4-12-22-19)25(24-16)17-6-1-2-7-17/h3-5,8-14,17H,1-2,6-7,15H2,(H,23,26). The highest BCUT2D eigenvalue weighted by atomic mass is 32.1. The van der Waals surface area contributed by atoms with E-state index in [0.29, 0.717) is 12.6 Å². The van der Waals surface area contributed by atoms with Crippen molar-refractivity contribution in [1.82, 2.24) is 20.1 Å². The molecule has 0 atom stereocenters. The molecule has 3 aromatic heterocycles. The van der Waals surface area contributed by atoms with Crippen molar-refractivity contribution >= 4 is 23.3 Å². The lowest BCUT2D eigenvalue weighted by molar-refractivity contribution is -0.116. The van der Waals surface area contributed by atoms with E-state index in [1.165, 1.54) is 12.8 Å². The number of nitrogens with one attached hydrogen (secondary N) is 1. The smallest absolute Gasteiger partial charge is 0.244 e. The molecule has 3 heterocycles. The van der Waals surface area contributed by atoms with Gasteiger partial charge in [0.05, 0.1) is 29.7 Å². The van der Waals surface area contributed by atoms with Crippen LogP contribution in [-0.4, -0.2) is 20.7 Å². The van der Waals surface area contributed by atoms with Crippen molar-refractivity contribution in [2.45, 2.75) is 38.3 Å². The molecule has 1 amide bonds. The number of hydrogen-bond acceptors (Lipinski definition) is 4. The summed E-state index contributed by atoms with van der Waals surface area (Å²) in [6.45, 7) is 0.410. The summed E-state index contributed by atoms with van der Waals surface area (Å²) < 4.78 is 2.11. The van der Waals surface area contributed by atoms with E-state index in [1.54, 1.807) is 23.6 Å². The van der Waals surface area contributed by atoms with E-state index in [2.05, 4.69) is 15.0 Å². The summed E-state index contributed by atoms with van der Waals surface area (Å²) in [7, 11) is 0. The molecule has 0 radical (unpaired) electrons. The Morgan fingerprint density at radius 2 is 2.15 bits per heavy atom. The van der Waals surface area contributed by atoms with Gasteiger partial charge in [-0.2, -0.15) is 5.10 Å². The summed E-state index contributed by atoms with van der Waals surface area (Å²) >= 11 is 1.61. The Kier molecular flexibility index (Phi) is 5.44. The van der Waals surface area contributed by atoms with Crippen LogP contribution < -0.4 is 5.32 Å². The highest BCUT2D eigenvalue weighted by Crippen LogP contribution is 2.33. The van der Waals surface area contributed by atoms with Gasteiger partial charge in [-0.1, -0.05) is 25.0 Å². The number of aromatic nitrogens is 3. The van der Waals surface area contributed by atoms with Crippen LogP contribution in [0.1, 0.15) is 42.3 Å². The second kappa shape index (κ2) is 8.31. The number of thiophene rings is 1. The molecule has 3 aromatic rings. The maximum atomic E-state index is 12.1. The minimum Gasteiger partial charge on any atom is -0.347 e. The Hall–Kier alpha value is -2.73. The largest absolute Gasteiger partial charge is 0.347 e. The highest BCUT2D eigenvalue weighted by molar-refractivity contribution is 7.10. The Morgan fingerprint density at radius 1 is 1.26 bits per heavy atom. The summed E-state index contributed by atoms with van der Waals surface area (Å²) in [4.78, 5) is 17.6. The molecule has 4 rings (SSSR count). The zero-order chi connectivity index (χ0) is 18.5. The third-order valence-corrected chi connectivity index (χ3v) is 5.61. The van der Waals surface area contributed by atoms with Gasteiger partial charge in [0.15, 0.2) is 0 Å². The van der Waals surface area contributed by atoms with Crippen LogP contribution in [0.3, 0.4) is 0 Å². The van der Waals surface area contributed by atoms with Gasteiger partial charge in [0.1, 0.15) is 0 Å². The van der Waals surface area contributed by atoms with Crippen LogP contribution >= 0.6 is 11.3 Å².